The van der Waals surface area contributed by atoms with Crippen LogP contribution in [0.3, 0.4) is 0 Å². The fourth-order valence-electron chi connectivity index (χ4n) is 3.73. The smallest absolute Gasteiger partial charge is 0.0436 e. The molecule has 20 heavy (non-hydrogen) atoms. The Morgan fingerprint density at radius 3 is 2.30 bits per heavy atom. The van der Waals surface area contributed by atoms with Gasteiger partial charge in [0, 0.05) is 25.2 Å². The summed E-state index contributed by atoms with van der Waals surface area (Å²) in [7, 11) is 0. The maximum atomic E-state index is 9.08. The second-order valence-corrected chi connectivity index (χ2v) is 7.62. The summed E-state index contributed by atoms with van der Waals surface area (Å²) < 4.78 is 0. The van der Waals surface area contributed by atoms with E-state index >= 15 is 0 Å². The van der Waals surface area contributed by atoms with Crippen molar-refractivity contribution in [2.24, 2.45) is 5.41 Å². The monoisotopic (exact) mass is 282 g/mol. The van der Waals surface area contributed by atoms with Gasteiger partial charge in [0.15, 0.2) is 0 Å². The Morgan fingerprint density at radius 1 is 1.05 bits per heavy atom. The number of nitrogens with zero attached hydrogens (tertiary/aromatic N) is 1. The second kappa shape index (κ2) is 7.77. The first kappa shape index (κ1) is 16.3. The standard InChI is InChI=1S/C17H34N2O/c1-17(2,10-13-20)14-18-15-8-11-19(12-9-15)16-6-4-3-5-7-16/h15-16,18,20H,3-14H2,1-2H3. The lowest BCUT2D eigenvalue weighted by molar-refractivity contribution is 0.111. The van der Waals surface area contributed by atoms with Crippen LogP contribution in [0, 0.1) is 5.41 Å². The van der Waals surface area contributed by atoms with Crippen LogP contribution in [-0.2, 0) is 0 Å². The van der Waals surface area contributed by atoms with Gasteiger partial charge in [0.05, 0.1) is 0 Å². The minimum absolute atomic E-state index is 0.218. The molecular weight excluding hydrogens is 248 g/mol. The molecule has 1 aliphatic heterocycles. The van der Waals surface area contributed by atoms with Gasteiger partial charge in [-0.2, -0.15) is 0 Å². The number of nitrogens with one attached hydrogen (secondary N) is 1. The van der Waals surface area contributed by atoms with Crippen LogP contribution in [0.1, 0.15) is 65.2 Å². The Bertz CT molecular complexity index is 266. The molecule has 1 saturated heterocycles. The molecule has 1 saturated carbocycles. The van der Waals surface area contributed by atoms with Gasteiger partial charge in [0.25, 0.3) is 0 Å². The molecular formula is C17H34N2O. The molecule has 1 aliphatic carbocycles. The topological polar surface area (TPSA) is 35.5 Å². The zero-order valence-corrected chi connectivity index (χ0v) is 13.5. The molecule has 0 aromatic rings. The van der Waals surface area contributed by atoms with Crippen molar-refractivity contribution in [3.05, 3.63) is 0 Å². The molecule has 0 radical (unpaired) electrons. The molecule has 0 atom stereocenters. The molecule has 0 bridgehead atoms. The number of hydrogen-bond donors (Lipinski definition) is 2. The van der Waals surface area contributed by atoms with Crippen molar-refractivity contribution in [2.75, 3.05) is 26.2 Å². The third kappa shape index (κ3) is 5.01. The quantitative estimate of drug-likeness (QED) is 0.786. The summed E-state index contributed by atoms with van der Waals surface area (Å²) in [5.41, 5.74) is 0.218. The van der Waals surface area contributed by atoms with E-state index in [1.54, 1.807) is 0 Å². The van der Waals surface area contributed by atoms with Gasteiger partial charge in [-0.25, -0.2) is 0 Å². The maximum absolute atomic E-state index is 9.08. The Kier molecular flexibility index (Phi) is 6.31. The Labute approximate surface area is 125 Å². The highest BCUT2D eigenvalue weighted by molar-refractivity contribution is 4.84. The van der Waals surface area contributed by atoms with E-state index in [0.29, 0.717) is 12.6 Å². The van der Waals surface area contributed by atoms with Gasteiger partial charge in [0.2, 0.25) is 0 Å². The predicted octanol–water partition coefficient (Wildman–Crippen LogP) is 2.78. The number of piperidine rings is 1. The van der Waals surface area contributed by atoms with E-state index in [4.69, 9.17) is 5.11 Å². The van der Waals surface area contributed by atoms with Crippen LogP contribution < -0.4 is 5.32 Å². The third-order valence-electron chi connectivity index (χ3n) is 5.28. The fourth-order valence-corrected chi connectivity index (χ4v) is 3.73. The highest BCUT2D eigenvalue weighted by Crippen LogP contribution is 2.26. The summed E-state index contributed by atoms with van der Waals surface area (Å²) in [6, 6.07) is 1.57. The lowest BCUT2D eigenvalue weighted by atomic mass is 9.88. The number of likely N-dealkylation sites (tertiary alicyclic amines) is 1. The first-order chi connectivity index (χ1) is 9.61. The van der Waals surface area contributed by atoms with Crippen LogP contribution in [-0.4, -0.2) is 48.3 Å². The van der Waals surface area contributed by atoms with Crippen molar-refractivity contribution in [3.8, 4) is 0 Å². The lowest BCUT2D eigenvalue weighted by Crippen LogP contribution is -2.48. The molecule has 2 fully saturated rings. The lowest BCUT2D eigenvalue weighted by Gasteiger charge is -2.40. The van der Waals surface area contributed by atoms with E-state index in [1.165, 1.54) is 58.0 Å². The van der Waals surface area contributed by atoms with Gasteiger partial charge in [-0.3, -0.25) is 0 Å². The average Bonchev–Trinajstić information content (AvgIpc) is 2.47. The Balaban J connectivity index is 1.66. The van der Waals surface area contributed by atoms with Gasteiger partial charge in [0.1, 0.15) is 0 Å². The Morgan fingerprint density at radius 2 is 1.70 bits per heavy atom. The molecule has 0 aromatic heterocycles. The first-order valence-electron chi connectivity index (χ1n) is 8.69. The molecule has 0 unspecified atom stereocenters. The summed E-state index contributed by atoms with van der Waals surface area (Å²) in [5.74, 6) is 0. The zero-order valence-electron chi connectivity index (χ0n) is 13.5. The van der Waals surface area contributed by atoms with Gasteiger partial charge in [-0.15, -0.1) is 0 Å². The van der Waals surface area contributed by atoms with E-state index in [0.717, 1.165) is 19.0 Å². The summed E-state index contributed by atoms with van der Waals surface area (Å²) in [6.45, 7) is 8.38. The predicted molar refractivity (Wildman–Crippen MR) is 85.0 cm³/mol. The minimum atomic E-state index is 0.218. The average molecular weight is 282 g/mol. The summed E-state index contributed by atoms with van der Waals surface area (Å²) in [5, 5.41) is 12.8. The fraction of sp³-hybridized carbons (Fsp3) is 1.00. The van der Waals surface area contributed by atoms with Crippen LogP contribution >= 0.6 is 0 Å². The highest BCUT2D eigenvalue weighted by Gasteiger charge is 2.27. The van der Waals surface area contributed by atoms with Gasteiger partial charge in [-0.1, -0.05) is 33.1 Å². The van der Waals surface area contributed by atoms with Crippen LogP contribution in [0.4, 0.5) is 0 Å². The van der Waals surface area contributed by atoms with Crippen molar-refractivity contribution in [2.45, 2.75) is 77.3 Å². The van der Waals surface area contributed by atoms with Gasteiger partial charge in [-0.05, 0) is 50.6 Å². The molecule has 118 valence electrons. The summed E-state index contributed by atoms with van der Waals surface area (Å²) in [6.07, 6.45) is 10.7. The molecule has 2 N–H and O–H groups in total. The third-order valence-corrected chi connectivity index (χ3v) is 5.28. The molecule has 2 aliphatic rings. The SMILES string of the molecule is CC(C)(CCO)CNC1CCN(C2CCCCC2)CC1. The second-order valence-electron chi connectivity index (χ2n) is 7.62. The normalized spacial score (nSPS) is 24.1. The van der Waals surface area contributed by atoms with Gasteiger partial charge >= 0.3 is 0 Å². The molecule has 1 heterocycles. The van der Waals surface area contributed by atoms with Crippen LogP contribution in [0.2, 0.25) is 0 Å². The zero-order chi connectivity index (χ0) is 14.4. The largest absolute Gasteiger partial charge is 0.396 e. The summed E-state index contributed by atoms with van der Waals surface area (Å²) >= 11 is 0. The molecule has 3 nitrogen and oxygen atoms in total. The molecule has 0 spiro atoms. The van der Waals surface area contributed by atoms with Crippen LogP contribution in [0.25, 0.3) is 0 Å². The van der Waals surface area contributed by atoms with Crippen molar-refractivity contribution in [1.29, 1.82) is 0 Å². The number of aliphatic hydroxyl groups is 1. The number of aliphatic hydroxyl groups excluding tert-OH is 1. The van der Waals surface area contributed by atoms with Crippen molar-refractivity contribution < 1.29 is 5.11 Å². The van der Waals surface area contributed by atoms with Crippen LogP contribution in [0.15, 0.2) is 0 Å². The van der Waals surface area contributed by atoms with Crippen molar-refractivity contribution in [1.82, 2.24) is 10.2 Å². The first-order valence-corrected chi connectivity index (χ1v) is 8.69. The van der Waals surface area contributed by atoms with E-state index in [1.807, 2.05) is 0 Å². The van der Waals surface area contributed by atoms with E-state index in [-0.39, 0.29) is 5.41 Å². The molecule has 0 amide bonds. The van der Waals surface area contributed by atoms with Crippen molar-refractivity contribution >= 4 is 0 Å². The minimum Gasteiger partial charge on any atom is -0.396 e. The Hall–Kier alpha value is -0.120. The van der Waals surface area contributed by atoms with Crippen molar-refractivity contribution in [3.63, 3.8) is 0 Å². The molecule has 2 rings (SSSR count). The molecule has 3 heteroatoms. The van der Waals surface area contributed by atoms with E-state index in [2.05, 4.69) is 24.1 Å². The van der Waals surface area contributed by atoms with Gasteiger partial charge < -0.3 is 15.3 Å². The van der Waals surface area contributed by atoms with E-state index in [9.17, 15) is 0 Å². The number of rotatable bonds is 6. The maximum Gasteiger partial charge on any atom is 0.0436 e. The van der Waals surface area contributed by atoms with E-state index < -0.39 is 0 Å². The summed E-state index contributed by atoms with van der Waals surface area (Å²) in [4.78, 5) is 2.75. The highest BCUT2D eigenvalue weighted by atomic mass is 16.3. The number of hydrogen-bond acceptors (Lipinski definition) is 3. The van der Waals surface area contributed by atoms with Crippen LogP contribution in [0.5, 0.6) is 0 Å². The molecule has 0 aromatic carbocycles.